The number of hydrogen-bond acceptors (Lipinski definition) is 8. The van der Waals surface area contributed by atoms with Crippen LogP contribution < -0.4 is 0 Å². The third-order valence-corrected chi connectivity index (χ3v) is 15.8. The lowest BCUT2D eigenvalue weighted by Gasteiger charge is -2.62. The fourth-order valence-corrected chi connectivity index (χ4v) is 12.2. The Kier molecular flexibility index (Phi) is 28.3. The van der Waals surface area contributed by atoms with E-state index in [1.54, 1.807) is 6.07 Å². The number of unbranched alkanes of at least 4 members (excludes halogenated alkanes) is 8. The molecule has 0 N–H and O–H groups in total. The highest BCUT2D eigenvalue weighted by Crippen LogP contribution is 2.67. The Bertz CT molecular complexity index is 1800. The molecule has 2 aromatic rings. The molecule has 0 heterocycles. The van der Waals surface area contributed by atoms with Gasteiger partial charge in [0.2, 0.25) is 0 Å². The number of hydrogen-bond donors (Lipinski definition) is 0. The summed E-state index contributed by atoms with van der Waals surface area (Å²) in [6.07, 6.45) is 16.8. The summed E-state index contributed by atoms with van der Waals surface area (Å²) in [7, 11) is 0. The summed E-state index contributed by atoms with van der Waals surface area (Å²) in [5.74, 6) is -3.56. The maximum absolute atomic E-state index is 15.8. The van der Waals surface area contributed by atoms with Crippen LogP contribution in [0.2, 0.25) is 0 Å². The van der Waals surface area contributed by atoms with Gasteiger partial charge in [-0.15, -0.1) is 0 Å². The molecule has 0 spiro atoms. The molecule has 398 valence electrons. The summed E-state index contributed by atoms with van der Waals surface area (Å²) < 4.78 is 25.2. The van der Waals surface area contributed by atoms with E-state index in [9.17, 15) is 4.79 Å². The second-order valence-electron chi connectivity index (χ2n) is 22.2. The average Bonchev–Trinajstić information content (AvgIpc) is 3.32. The van der Waals surface area contributed by atoms with Gasteiger partial charge in [-0.3, -0.25) is 14.4 Å². The number of rotatable bonds is 37. The summed E-state index contributed by atoms with van der Waals surface area (Å²) >= 11 is 0. The van der Waals surface area contributed by atoms with Crippen LogP contribution >= 0.6 is 0 Å². The topological polar surface area (TPSA) is 105 Å². The molecule has 0 saturated heterocycles. The lowest BCUT2D eigenvalue weighted by Crippen LogP contribution is -2.62. The maximum Gasteiger partial charge on any atom is 0.338 e. The molecule has 0 aliphatic carbocycles. The SMILES string of the molecule is CCCCCCC(C)(C)C(C(=O)OCCCCOC(=O)c1ccccc1-c1ccccc1)C(CCC)(CCCC)C(CC)(CCCC)C(C(=O)OC(C)C)C(C(=O)OC(C)C)C(C)(CC)CCCCC. The predicted octanol–water partition coefficient (Wildman–Crippen LogP) is 17.1. The van der Waals surface area contributed by atoms with Crippen LogP contribution in [-0.2, 0) is 33.3 Å². The first-order valence-electron chi connectivity index (χ1n) is 28.3. The fraction of sp³-hybridized carbons (Fsp3) is 0.742. The summed E-state index contributed by atoms with van der Waals surface area (Å²) in [5, 5.41) is 0. The van der Waals surface area contributed by atoms with E-state index >= 15 is 14.4 Å². The van der Waals surface area contributed by atoms with Gasteiger partial charge in [-0.05, 0) is 124 Å². The van der Waals surface area contributed by atoms with Gasteiger partial charge in [0.05, 0.1) is 48.7 Å². The second kappa shape index (κ2) is 31.7. The Morgan fingerprint density at radius 3 is 1.53 bits per heavy atom. The minimum Gasteiger partial charge on any atom is -0.465 e. The van der Waals surface area contributed by atoms with Crippen LogP contribution in [0, 0.1) is 39.4 Å². The molecule has 2 aromatic carbocycles. The highest BCUT2D eigenvalue weighted by Gasteiger charge is 2.67. The van der Waals surface area contributed by atoms with E-state index in [1.165, 1.54) is 0 Å². The summed E-state index contributed by atoms with van der Waals surface area (Å²) in [5.41, 5.74) is -0.440. The minimum absolute atomic E-state index is 0.178. The Morgan fingerprint density at radius 2 is 0.986 bits per heavy atom. The third kappa shape index (κ3) is 17.2. The van der Waals surface area contributed by atoms with E-state index in [1.807, 2.05) is 76.2 Å². The number of benzene rings is 2. The number of carbonyl (C=O) groups is 4. The van der Waals surface area contributed by atoms with E-state index in [2.05, 4.69) is 69.2 Å². The maximum atomic E-state index is 15.8. The number of esters is 4. The monoisotopic (exact) mass is 975 g/mol. The smallest absolute Gasteiger partial charge is 0.338 e. The molecule has 2 rings (SSSR count). The molecule has 0 amide bonds. The molecular weight excluding hydrogens is 873 g/mol. The van der Waals surface area contributed by atoms with Gasteiger partial charge in [0.25, 0.3) is 0 Å². The quantitative estimate of drug-likeness (QED) is 0.0374. The summed E-state index contributed by atoms with van der Waals surface area (Å²) in [6, 6.07) is 17.3. The lowest BCUT2D eigenvalue weighted by molar-refractivity contribution is -0.206. The summed E-state index contributed by atoms with van der Waals surface area (Å²) in [6.45, 7) is 30.1. The van der Waals surface area contributed by atoms with Crippen molar-refractivity contribution in [3.63, 3.8) is 0 Å². The number of ether oxygens (including phenoxy) is 4. The fourth-order valence-electron chi connectivity index (χ4n) is 12.2. The molecule has 0 aliphatic heterocycles. The van der Waals surface area contributed by atoms with Gasteiger partial charge in [0, 0.05) is 0 Å². The van der Waals surface area contributed by atoms with Crippen molar-refractivity contribution in [2.75, 3.05) is 13.2 Å². The van der Waals surface area contributed by atoms with Crippen LogP contribution in [0.3, 0.4) is 0 Å². The largest absolute Gasteiger partial charge is 0.465 e. The minimum atomic E-state index is -0.874. The van der Waals surface area contributed by atoms with Crippen molar-refractivity contribution in [3.8, 4) is 11.1 Å². The zero-order valence-corrected chi connectivity index (χ0v) is 47.1. The third-order valence-electron chi connectivity index (χ3n) is 15.8. The van der Waals surface area contributed by atoms with Gasteiger partial charge in [0.15, 0.2) is 0 Å². The van der Waals surface area contributed by atoms with Crippen molar-refractivity contribution < 1.29 is 38.1 Å². The van der Waals surface area contributed by atoms with Crippen LogP contribution in [0.25, 0.3) is 11.1 Å². The lowest BCUT2D eigenvalue weighted by atomic mass is 9.41. The average molecular weight is 975 g/mol. The van der Waals surface area contributed by atoms with Gasteiger partial charge in [-0.1, -0.05) is 195 Å². The van der Waals surface area contributed by atoms with Gasteiger partial charge >= 0.3 is 23.9 Å². The Balaban J connectivity index is 2.93. The van der Waals surface area contributed by atoms with Gasteiger partial charge in [-0.2, -0.15) is 0 Å². The molecule has 70 heavy (non-hydrogen) atoms. The van der Waals surface area contributed by atoms with E-state index in [-0.39, 0.29) is 43.2 Å². The molecule has 0 fully saturated rings. The predicted molar refractivity (Wildman–Crippen MR) is 289 cm³/mol. The Labute approximate surface area is 428 Å². The molecule has 0 aliphatic rings. The molecule has 0 saturated carbocycles. The van der Waals surface area contributed by atoms with Crippen molar-refractivity contribution in [2.24, 2.45) is 39.4 Å². The first-order chi connectivity index (χ1) is 33.4. The zero-order valence-electron chi connectivity index (χ0n) is 47.1. The molecule has 6 atom stereocenters. The van der Waals surface area contributed by atoms with Crippen LogP contribution in [0.5, 0.6) is 0 Å². The van der Waals surface area contributed by atoms with Crippen molar-refractivity contribution in [3.05, 3.63) is 60.2 Å². The van der Waals surface area contributed by atoms with Crippen molar-refractivity contribution in [1.29, 1.82) is 0 Å². The first-order valence-corrected chi connectivity index (χ1v) is 28.3. The molecule has 8 nitrogen and oxygen atoms in total. The van der Waals surface area contributed by atoms with Gasteiger partial charge in [-0.25, -0.2) is 4.79 Å². The van der Waals surface area contributed by atoms with E-state index in [0.717, 1.165) is 101 Å². The highest BCUT2D eigenvalue weighted by molar-refractivity contribution is 5.97. The van der Waals surface area contributed by atoms with Crippen LogP contribution in [-0.4, -0.2) is 49.3 Å². The van der Waals surface area contributed by atoms with Crippen LogP contribution in [0.1, 0.15) is 242 Å². The van der Waals surface area contributed by atoms with E-state index < -0.39 is 45.5 Å². The summed E-state index contributed by atoms with van der Waals surface area (Å²) in [4.78, 5) is 60.4. The molecule has 0 aromatic heterocycles. The highest BCUT2D eigenvalue weighted by atomic mass is 16.6. The Hall–Kier alpha value is -3.68. The first kappa shape index (κ1) is 62.4. The van der Waals surface area contributed by atoms with Crippen molar-refractivity contribution >= 4 is 23.9 Å². The normalized spacial score (nSPS) is 15.8. The molecule has 8 heteroatoms. The molecular formula is C62H102O8. The Morgan fingerprint density at radius 1 is 0.471 bits per heavy atom. The van der Waals surface area contributed by atoms with Gasteiger partial charge < -0.3 is 18.9 Å². The van der Waals surface area contributed by atoms with E-state index in [4.69, 9.17) is 18.9 Å². The standard InChI is InChI=1S/C62H102O8/c1-15-22-26-33-41-59(12,13)54(58(66)68-46-35-34-45-67-55(63)51-39-31-30-38-50(51)49-36-28-27-29-37-49)62(40-19-5,44-25-18-4)61(21-7,43-24-17-3)53(57(65)70-48(10)11)52(56(64)69-47(8)9)60(14,20-6)42-32-23-16-2/h27-31,36-39,47-48,52-54H,15-26,32-35,40-46H2,1-14H3. The zero-order chi connectivity index (χ0) is 52.4. The molecule has 6 unspecified atom stereocenters. The van der Waals surface area contributed by atoms with Crippen LogP contribution in [0.15, 0.2) is 54.6 Å². The van der Waals surface area contributed by atoms with Crippen molar-refractivity contribution in [2.45, 2.75) is 244 Å². The molecule has 0 radical (unpaired) electrons. The number of carbonyl (C=O) groups excluding carboxylic acids is 4. The molecule has 0 bridgehead atoms. The van der Waals surface area contributed by atoms with Gasteiger partial charge in [0.1, 0.15) is 0 Å². The van der Waals surface area contributed by atoms with Crippen molar-refractivity contribution in [1.82, 2.24) is 0 Å². The van der Waals surface area contributed by atoms with Crippen LogP contribution in [0.4, 0.5) is 0 Å². The second-order valence-corrected chi connectivity index (χ2v) is 22.2. The van der Waals surface area contributed by atoms with E-state index in [0.29, 0.717) is 50.5 Å².